The van der Waals surface area contributed by atoms with Crippen molar-refractivity contribution in [2.24, 2.45) is 5.11 Å². The predicted octanol–water partition coefficient (Wildman–Crippen LogP) is 2.74. The number of methoxy groups -OCH3 is 1. The Balaban J connectivity index is 1.91. The van der Waals surface area contributed by atoms with Crippen LogP contribution in [0.5, 0.6) is 5.75 Å². The first kappa shape index (κ1) is 27.5. The summed E-state index contributed by atoms with van der Waals surface area (Å²) in [4.78, 5) is 20.5. The van der Waals surface area contributed by atoms with Gasteiger partial charge in [0.05, 0.1) is 32.7 Å². The number of non-ortho nitro benzene ring substituents is 2. The lowest BCUT2D eigenvalue weighted by molar-refractivity contribution is -0.517. The Hall–Kier alpha value is -4.56. The molecule has 0 saturated heterocycles. The second-order valence-electron chi connectivity index (χ2n) is 7.78. The Bertz CT molecular complexity index is 1740. The number of hydrogen-bond acceptors (Lipinski definition) is 12. The summed E-state index contributed by atoms with van der Waals surface area (Å²) >= 11 is 0. The van der Waals surface area contributed by atoms with Gasteiger partial charge in [0.15, 0.2) is 11.4 Å². The van der Waals surface area contributed by atoms with Crippen LogP contribution in [0.3, 0.4) is 0 Å². The number of benzene rings is 3. The van der Waals surface area contributed by atoms with Crippen molar-refractivity contribution >= 4 is 43.0 Å². The summed E-state index contributed by atoms with van der Waals surface area (Å²) in [5, 5.41) is 27.9. The molecule has 204 valence electrons. The minimum atomic E-state index is -5.05. The lowest BCUT2D eigenvalue weighted by Gasteiger charge is -2.17. The summed E-state index contributed by atoms with van der Waals surface area (Å²) in [5.74, 6) is -0.0174. The topological polar surface area (TPSA) is 235 Å². The normalized spacial score (nSPS) is 15.6. The highest BCUT2D eigenvalue weighted by Crippen LogP contribution is 2.38. The molecular weight excluding hydrogens is 564 g/mol. The number of hydrogen-bond donors (Lipinski definition) is 3. The number of nitrogens with one attached hydrogen (secondary N) is 1. The van der Waals surface area contributed by atoms with Crippen molar-refractivity contribution in [2.75, 3.05) is 12.2 Å². The van der Waals surface area contributed by atoms with Gasteiger partial charge in [-0.2, -0.15) is 16.8 Å². The molecule has 0 saturated carbocycles. The fourth-order valence-corrected chi connectivity index (χ4v) is 4.96. The Morgan fingerprint density at radius 1 is 0.923 bits per heavy atom. The van der Waals surface area contributed by atoms with Gasteiger partial charge in [0.25, 0.3) is 37.3 Å². The summed E-state index contributed by atoms with van der Waals surface area (Å²) in [6.07, 6.45) is -1.34. The quantitative estimate of drug-likeness (QED) is 0.150. The van der Waals surface area contributed by atoms with Crippen LogP contribution in [-0.4, -0.2) is 47.7 Å². The van der Waals surface area contributed by atoms with Crippen molar-refractivity contribution in [1.82, 2.24) is 5.43 Å². The molecule has 19 heteroatoms. The molecule has 1 heterocycles. The number of rotatable bonds is 8. The van der Waals surface area contributed by atoms with E-state index in [0.717, 1.165) is 29.1 Å². The monoisotopic (exact) mass is 581 g/mol. The highest BCUT2D eigenvalue weighted by molar-refractivity contribution is 7.86. The summed E-state index contributed by atoms with van der Waals surface area (Å²) in [7, 11) is -8.64. The molecule has 4 rings (SSSR count). The third-order valence-corrected chi connectivity index (χ3v) is 7.17. The molecule has 1 aliphatic heterocycles. The molecule has 1 aliphatic rings. The van der Waals surface area contributed by atoms with Crippen molar-refractivity contribution in [3.8, 4) is 5.75 Å². The molecule has 3 N–H and O–H groups in total. The van der Waals surface area contributed by atoms with E-state index in [4.69, 9.17) is 4.74 Å². The number of nitro benzene ring substituents is 2. The summed E-state index contributed by atoms with van der Waals surface area (Å²) in [6.45, 7) is 0. The van der Waals surface area contributed by atoms with Crippen molar-refractivity contribution in [2.45, 2.75) is 16.0 Å². The second kappa shape index (κ2) is 9.96. The first-order valence-corrected chi connectivity index (χ1v) is 13.3. The van der Waals surface area contributed by atoms with Gasteiger partial charge in [-0.15, -0.1) is 5.43 Å². The van der Waals surface area contributed by atoms with Crippen LogP contribution in [0.15, 0.2) is 75.6 Å². The van der Waals surface area contributed by atoms with E-state index < -0.39 is 46.0 Å². The summed E-state index contributed by atoms with van der Waals surface area (Å²) in [5.41, 5.74) is 2.37. The van der Waals surface area contributed by atoms with E-state index in [0.29, 0.717) is 6.07 Å². The third kappa shape index (κ3) is 5.51. The molecule has 3 aromatic rings. The van der Waals surface area contributed by atoms with E-state index in [1.807, 2.05) is 0 Å². The molecule has 0 bridgehead atoms. The molecule has 0 amide bonds. The van der Waals surface area contributed by atoms with Crippen molar-refractivity contribution in [3.05, 3.63) is 86.5 Å². The van der Waals surface area contributed by atoms with Crippen LogP contribution in [0.2, 0.25) is 0 Å². The van der Waals surface area contributed by atoms with Gasteiger partial charge in [-0.25, -0.2) is 0 Å². The zero-order valence-corrected chi connectivity index (χ0v) is 21.1. The number of nitrogens with zero attached hydrogens (tertiary/aromatic N) is 5. The Labute approximate surface area is 219 Å². The lowest BCUT2D eigenvalue weighted by Crippen LogP contribution is -2.39. The minimum Gasteiger partial charge on any atom is -0.494 e. The van der Waals surface area contributed by atoms with Crippen molar-refractivity contribution < 1.29 is 45.3 Å². The van der Waals surface area contributed by atoms with Gasteiger partial charge in [-0.3, -0.25) is 29.3 Å². The van der Waals surface area contributed by atoms with Crippen LogP contribution in [0.1, 0.15) is 11.7 Å². The highest BCUT2D eigenvalue weighted by Gasteiger charge is 2.40. The smallest absolute Gasteiger partial charge is 0.294 e. The molecule has 39 heavy (non-hydrogen) atoms. The standard InChI is InChI=1S/C20H16N6O11S2/c1-37-18-10-14(26(29)30)6-9-17(18)24-22-20(21-23(24)12-2-4-13(5-3-12)25(27)28)16-8-7-15(38(31,32)33)11-19(16)39(34,35)36/h2-11,20,22H,1H3,(H-,31,32,33,34,35,36)/p+1. The molecule has 0 radical (unpaired) electrons. The van der Waals surface area contributed by atoms with Gasteiger partial charge in [0, 0.05) is 41.0 Å². The molecule has 0 fully saturated rings. The van der Waals surface area contributed by atoms with E-state index in [1.54, 1.807) is 0 Å². The number of hydrazine groups is 2. The van der Waals surface area contributed by atoms with E-state index in [2.05, 4.69) is 10.5 Å². The summed E-state index contributed by atoms with van der Waals surface area (Å²) < 4.78 is 71.8. The summed E-state index contributed by atoms with van der Waals surface area (Å²) in [6, 6.07) is 11.0. The fraction of sp³-hybridized carbons (Fsp3) is 0.100. The SMILES string of the molecule is COc1cc([N+](=O)[O-])ccc1N1NC(c2ccc(S(=O)(=O)O)cc2S(=O)(=O)O)N=[N+]1c1ccc([N+](=O)[O-])cc1. The van der Waals surface area contributed by atoms with Crippen LogP contribution >= 0.6 is 0 Å². The van der Waals surface area contributed by atoms with Gasteiger partial charge in [-0.1, -0.05) is 6.07 Å². The maximum absolute atomic E-state index is 12.1. The van der Waals surface area contributed by atoms with Crippen molar-refractivity contribution in [3.63, 3.8) is 0 Å². The highest BCUT2D eigenvalue weighted by atomic mass is 32.2. The van der Waals surface area contributed by atoms with Crippen molar-refractivity contribution in [1.29, 1.82) is 0 Å². The minimum absolute atomic E-state index is 0.0174. The molecule has 1 atom stereocenters. The van der Waals surface area contributed by atoms with Crippen LogP contribution in [0.25, 0.3) is 0 Å². The zero-order valence-electron chi connectivity index (χ0n) is 19.5. The Morgan fingerprint density at radius 2 is 1.54 bits per heavy atom. The van der Waals surface area contributed by atoms with Crippen LogP contribution in [0.4, 0.5) is 22.7 Å². The third-order valence-electron chi connectivity index (χ3n) is 5.41. The Kier molecular flexibility index (Phi) is 7.02. The second-order valence-corrected chi connectivity index (χ2v) is 10.6. The van der Waals surface area contributed by atoms with Gasteiger partial charge in [0.2, 0.25) is 6.17 Å². The molecule has 1 unspecified atom stereocenters. The molecular formula is C20H17N6O11S2+. The number of anilines is 1. The predicted molar refractivity (Wildman–Crippen MR) is 130 cm³/mol. The largest absolute Gasteiger partial charge is 0.494 e. The maximum Gasteiger partial charge on any atom is 0.294 e. The average Bonchev–Trinajstić information content (AvgIpc) is 3.32. The molecule has 17 nitrogen and oxygen atoms in total. The van der Waals surface area contributed by atoms with E-state index in [1.165, 1.54) is 42.6 Å². The zero-order chi connectivity index (χ0) is 28.7. The van der Waals surface area contributed by atoms with Crippen LogP contribution in [0, 0.1) is 20.2 Å². The molecule has 0 aliphatic carbocycles. The van der Waals surface area contributed by atoms with Crippen LogP contribution < -0.4 is 15.3 Å². The first-order valence-electron chi connectivity index (χ1n) is 10.4. The fourth-order valence-electron chi connectivity index (χ4n) is 3.63. The van der Waals surface area contributed by atoms with E-state index in [9.17, 15) is 46.2 Å². The molecule has 0 aromatic heterocycles. The lowest BCUT2D eigenvalue weighted by atomic mass is 10.2. The number of azo groups is 1. The Morgan fingerprint density at radius 3 is 2.08 bits per heavy atom. The first-order chi connectivity index (χ1) is 18.2. The number of ether oxygens (including phenoxy) is 1. The van der Waals surface area contributed by atoms with E-state index >= 15 is 0 Å². The average molecular weight is 582 g/mol. The van der Waals surface area contributed by atoms with Crippen LogP contribution in [-0.2, 0) is 20.2 Å². The molecule has 3 aromatic carbocycles. The van der Waals surface area contributed by atoms with Gasteiger partial charge in [0.1, 0.15) is 4.90 Å². The van der Waals surface area contributed by atoms with Gasteiger partial charge < -0.3 is 4.74 Å². The van der Waals surface area contributed by atoms with E-state index in [-0.39, 0.29) is 34.1 Å². The number of nitro groups is 2. The van der Waals surface area contributed by atoms with Gasteiger partial charge in [-0.05, 0) is 23.3 Å². The van der Waals surface area contributed by atoms with Gasteiger partial charge >= 0.3 is 0 Å². The molecule has 0 spiro atoms. The maximum atomic E-state index is 12.1.